The highest BCUT2D eigenvalue weighted by Crippen LogP contribution is 2.17. The summed E-state index contributed by atoms with van der Waals surface area (Å²) in [5.41, 5.74) is 0.648. The van der Waals surface area contributed by atoms with Gasteiger partial charge in [0.2, 0.25) is 23.6 Å². The third kappa shape index (κ3) is 20.3. The molecule has 1 aromatic carbocycles. The Morgan fingerprint density at radius 3 is 1.79 bits per heavy atom. The van der Waals surface area contributed by atoms with Crippen molar-refractivity contribution < 1.29 is 52.4 Å². The lowest BCUT2D eigenvalue weighted by atomic mass is 9.97. The SMILES string of the molecule is CCOCCOCCOCCOCCNC(=O)COCC(=O)N[C@@H](C)C(=O)N[C@@H](C)C(=O)Nc1ccc(COC(=O)C(C)(C)C)cc1. The van der Waals surface area contributed by atoms with Crippen LogP contribution in [0, 0.1) is 5.41 Å². The van der Waals surface area contributed by atoms with E-state index in [1.165, 1.54) is 13.8 Å². The molecule has 0 spiro atoms. The van der Waals surface area contributed by atoms with E-state index in [2.05, 4.69) is 21.3 Å². The molecule has 15 nitrogen and oxygen atoms in total. The smallest absolute Gasteiger partial charge is 0.311 e. The Labute approximate surface area is 277 Å². The fourth-order valence-electron chi connectivity index (χ4n) is 3.41. The fraction of sp³-hybridized carbons (Fsp3) is 0.656. The zero-order valence-corrected chi connectivity index (χ0v) is 28.4. The first-order valence-corrected chi connectivity index (χ1v) is 15.7. The van der Waals surface area contributed by atoms with Crippen LogP contribution < -0.4 is 21.3 Å². The molecule has 47 heavy (non-hydrogen) atoms. The molecule has 0 aliphatic rings. The highest BCUT2D eigenvalue weighted by molar-refractivity contribution is 5.98. The second-order valence-electron chi connectivity index (χ2n) is 11.4. The number of hydrogen-bond donors (Lipinski definition) is 4. The maximum absolute atomic E-state index is 12.6. The molecule has 0 aliphatic heterocycles. The van der Waals surface area contributed by atoms with E-state index >= 15 is 0 Å². The summed E-state index contributed by atoms with van der Waals surface area (Å²) in [6, 6.07) is 4.89. The summed E-state index contributed by atoms with van der Waals surface area (Å²) in [7, 11) is 0. The minimum atomic E-state index is -0.959. The van der Waals surface area contributed by atoms with Gasteiger partial charge in [0.05, 0.1) is 51.7 Å². The van der Waals surface area contributed by atoms with Crippen molar-refractivity contribution in [1.82, 2.24) is 16.0 Å². The van der Waals surface area contributed by atoms with E-state index in [9.17, 15) is 24.0 Å². The Morgan fingerprint density at radius 1 is 0.681 bits per heavy atom. The van der Waals surface area contributed by atoms with Gasteiger partial charge >= 0.3 is 5.97 Å². The molecule has 0 aliphatic carbocycles. The Morgan fingerprint density at radius 2 is 1.21 bits per heavy atom. The molecule has 0 aromatic heterocycles. The number of carbonyl (C=O) groups excluding carboxylic acids is 5. The third-order valence-corrected chi connectivity index (χ3v) is 6.08. The fourth-order valence-corrected chi connectivity index (χ4v) is 3.41. The molecule has 2 atom stereocenters. The van der Waals surface area contributed by atoms with Crippen LogP contribution in [0.5, 0.6) is 0 Å². The Kier molecular flexibility index (Phi) is 20.8. The molecule has 4 N–H and O–H groups in total. The molecule has 0 radical (unpaired) electrons. The van der Waals surface area contributed by atoms with Gasteiger partial charge in [0.1, 0.15) is 31.9 Å². The number of hydrogen-bond acceptors (Lipinski definition) is 11. The van der Waals surface area contributed by atoms with Crippen molar-refractivity contribution in [2.75, 3.05) is 77.9 Å². The van der Waals surface area contributed by atoms with Gasteiger partial charge in [0.25, 0.3) is 0 Å². The predicted molar refractivity (Wildman–Crippen MR) is 172 cm³/mol. The number of esters is 1. The van der Waals surface area contributed by atoms with Gasteiger partial charge in [-0.25, -0.2) is 0 Å². The van der Waals surface area contributed by atoms with Gasteiger partial charge in [-0.15, -0.1) is 0 Å². The summed E-state index contributed by atoms with van der Waals surface area (Å²) < 4.78 is 31.6. The predicted octanol–water partition coefficient (Wildman–Crippen LogP) is 0.943. The topological polar surface area (TPSA) is 189 Å². The van der Waals surface area contributed by atoms with Crippen LogP contribution in [0.3, 0.4) is 0 Å². The van der Waals surface area contributed by atoms with Crippen molar-refractivity contribution in [3.8, 4) is 0 Å². The lowest BCUT2D eigenvalue weighted by Crippen LogP contribution is -2.51. The number of benzene rings is 1. The average Bonchev–Trinajstić information content (AvgIpc) is 3.02. The van der Waals surface area contributed by atoms with Crippen LogP contribution in [0.15, 0.2) is 24.3 Å². The summed E-state index contributed by atoms with van der Waals surface area (Å²) in [5.74, 6) is -2.39. The van der Waals surface area contributed by atoms with Crippen molar-refractivity contribution in [2.24, 2.45) is 5.41 Å². The zero-order valence-electron chi connectivity index (χ0n) is 28.4. The first-order chi connectivity index (χ1) is 22.3. The lowest BCUT2D eigenvalue weighted by molar-refractivity contribution is -0.154. The molecule has 0 fully saturated rings. The van der Waals surface area contributed by atoms with Crippen LogP contribution in [0.1, 0.15) is 47.1 Å². The van der Waals surface area contributed by atoms with Crippen LogP contribution in [0.4, 0.5) is 5.69 Å². The Balaban J connectivity index is 2.16. The van der Waals surface area contributed by atoms with Gasteiger partial charge in [0.15, 0.2) is 0 Å². The number of rotatable bonds is 24. The van der Waals surface area contributed by atoms with Gasteiger partial charge in [-0.05, 0) is 59.2 Å². The number of carbonyl (C=O) groups is 5. The summed E-state index contributed by atoms with van der Waals surface area (Å²) >= 11 is 0. The molecule has 266 valence electrons. The van der Waals surface area contributed by atoms with E-state index in [0.717, 1.165) is 5.56 Å². The van der Waals surface area contributed by atoms with Gasteiger partial charge in [-0.3, -0.25) is 24.0 Å². The van der Waals surface area contributed by atoms with Crippen molar-refractivity contribution in [2.45, 2.75) is 60.2 Å². The number of anilines is 1. The summed E-state index contributed by atoms with van der Waals surface area (Å²) in [6.45, 7) is 13.5. The quantitative estimate of drug-likeness (QED) is 0.0907. The summed E-state index contributed by atoms with van der Waals surface area (Å²) in [6.07, 6.45) is 0. The van der Waals surface area contributed by atoms with Crippen molar-refractivity contribution in [1.29, 1.82) is 0 Å². The first kappa shape index (κ1) is 41.4. The molecular weight excluding hydrogens is 616 g/mol. The van der Waals surface area contributed by atoms with Crippen LogP contribution in [0.25, 0.3) is 0 Å². The van der Waals surface area contributed by atoms with Crippen LogP contribution in [-0.4, -0.2) is 114 Å². The van der Waals surface area contributed by atoms with Crippen LogP contribution in [0.2, 0.25) is 0 Å². The van der Waals surface area contributed by atoms with Gasteiger partial charge in [-0.1, -0.05) is 12.1 Å². The zero-order chi connectivity index (χ0) is 35.1. The first-order valence-electron chi connectivity index (χ1n) is 15.7. The van der Waals surface area contributed by atoms with E-state index in [4.69, 9.17) is 28.4 Å². The molecule has 0 saturated carbocycles. The Bertz CT molecular complexity index is 1090. The molecule has 0 heterocycles. The van der Waals surface area contributed by atoms with E-state index in [1.807, 2.05) is 6.92 Å². The highest BCUT2D eigenvalue weighted by atomic mass is 16.6. The largest absolute Gasteiger partial charge is 0.460 e. The minimum Gasteiger partial charge on any atom is -0.460 e. The standard InChI is InChI=1S/C32H52N4O11/c1-7-42-14-15-44-18-19-45-17-16-43-13-12-33-27(37)21-46-22-28(38)34-23(2)29(39)35-24(3)30(40)36-26-10-8-25(9-11-26)20-47-31(41)32(4,5)6/h8-11,23-24H,7,12-22H2,1-6H3,(H,33,37)(H,34,38)(H,35,39)(H,36,40)/t23-,24-/m0/s1. The maximum Gasteiger partial charge on any atom is 0.311 e. The van der Waals surface area contributed by atoms with Crippen LogP contribution >= 0.6 is 0 Å². The second-order valence-corrected chi connectivity index (χ2v) is 11.4. The van der Waals surface area contributed by atoms with E-state index in [1.54, 1.807) is 45.0 Å². The van der Waals surface area contributed by atoms with Crippen LogP contribution in [-0.2, 0) is 59.0 Å². The number of amides is 4. The van der Waals surface area contributed by atoms with Gasteiger partial charge in [0, 0.05) is 18.8 Å². The van der Waals surface area contributed by atoms with Crippen molar-refractivity contribution in [3.05, 3.63) is 29.8 Å². The molecule has 0 saturated heterocycles. The maximum atomic E-state index is 12.6. The van der Waals surface area contributed by atoms with Crippen molar-refractivity contribution in [3.63, 3.8) is 0 Å². The molecule has 1 aromatic rings. The number of nitrogens with one attached hydrogen (secondary N) is 4. The molecule has 4 amide bonds. The average molecular weight is 669 g/mol. The van der Waals surface area contributed by atoms with E-state index < -0.39 is 47.7 Å². The number of ether oxygens (including phenoxy) is 6. The second kappa shape index (κ2) is 23.7. The lowest BCUT2D eigenvalue weighted by Gasteiger charge is -2.18. The molecular formula is C32H52N4O11. The van der Waals surface area contributed by atoms with Gasteiger partial charge < -0.3 is 49.7 Å². The highest BCUT2D eigenvalue weighted by Gasteiger charge is 2.23. The minimum absolute atomic E-state index is 0.110. The normalized spacial score (nSPS) is 12.5. The monoisotopic (exact) mass is 668 g/mol. The third-order valence-electron chi connectivity index (χ3n) is 6.08. The van der Waals surface area contributed by atoms with E-state index in [0.29, 0.717) is 51.9 Å². The molecule has 0 bridgehead atoms. The Hall–Kier alpha value is -3.63. The molecule has 0 unspecified atom stereocenters. The van der Waals surface area contributed by atoms with Crippen molar-refractivity contribution >= 4 is 35.3 Å². The van der Waals surface area contributed by atoms with Gasteiger partial charge in [-0.2, -0.15) is 0 Å². The summed E-state index contributed by atoms with van der Waals surface area (Å²) in [4.78, 5) is 61.0. The molecule has 15 heteroatoms. The molecule has 1 rings (SSSR count). The van der Waals surface area contributed by atoms with E-state index in [-0.39, 0.29) is 32.3 Å². The summed E-state index contributed by atoms with van der Waals surface area (Å²) in [5, 5.41) is 10.3.